The molecule has 2 rings (SSSR count). The van der Waals surface area contributed by atoms with Crippen LogP contribution in [0.5, 0.6) is 6.01 Å². The maximum atomic E-state index is 4.96. The molecule has 0 radical (unpaired) electrons. The molecular formula is C15H23N5O. The normalized spacial score (nSPS) is 11.9. The second-order valence-corrected chi connectivity index (χ2v) is 6.28. The highest BCUT2D eigenvalue weighted by Gasteiger charge is 2.17. The summed E-state index contributed by atoms with van der Waals surface area (Å²) in [5.74, 6) is 0. The van der Waals surface area contributed by atoms with Gasteiger partial charge in [0, 0.05) is 42.2 Å². The standard InChI is InChI=1S/C15H23N5O/c1-15(2,3)13-6-12(18-19-13)10-20(4)9-11-7-16-14(21-5)17-8-11/h6-8H,9-10H2,1-5H3,(H,18,19). The van der Waals surface area contributed by atoms with Gasteiger partial charge < -0.3 is 4.74 Å². The molecule has 0 amide bonds. The summed E-state index contributed by atoms with van der Waals surface area (Å²) in [7, 11) is 3.62. The van der Waals surface area contributed by atoms with E-state index >= 15 is 0 Å². The van der Waals surface area contributed by atoms with E-state index < -0.39 is 0 Å². The van der Waals surface area contributed by atoms with Crippen molar-refractivity contribution in [1.29, 1.82) is 0 Å². The summed E-state index contributed by atoms with van der Waals surface area (Å²) in [5.41, 5.74) is 3.31. The first-order valence-corrected chi connectivity index (χ1v) is 6.96. The van der Waals surface area contributed by atoms with E-state index in [-0.39, 0.29) is 5.41 Å². The minimum Gasteiger partial charge on any atom is -0.467 e. The van der Waals surface area contributed by atoms with E-state index in [1.807, 2.05) is 0 Å². The molecule has 0 fully saturated rings. The van der Waals surface area contributed by atoms with Crippen molar-refractivity contribution < 1.29 is 4.74 Å². The van der Waals surface area contributed by atoms with Gasteiger partial charge in [0.05, 0.1) is 12.8 Å². The Hall–Kier alpha value is -1.95. The maximum Gasteiger partial charge on any atom is 0.316 e. The number of H-pyrrole nitrogens is 1. The van der Waals surface area contributed by atoms with Crippen LogP contribution in [-0.4, -0.2) is 39.2 Å². The number of aromatic amines is 1. The fourth-order valence-corrected chi connectivity index (χ4v) is 2.02. The molecule has 2 aromatic heterocycles. The predicted molar refractivity (Wildman–Crippen MR) is 81.0 cm³/mol. The lowest BCUT2D eigenvalue weighted by molar-refractivity contribution is 0.312. The number of aromatic nitrogens is 4. The number of nitrogens with zero attached hydrogens (tertiary/aromatic N) is 4. The van der Waals surface area contributed by atoms with Gasteiger partial charge in [0.25, 0.3) is 0 Å². The van der Waals surface area contributed by atoms with Crippen LogP contribution in [0.1, 0.15) is 37.7 Å². The average Bonchev–Trinajstić information content (AvgIpc) is 2.88. The van der Waals surface area contributed by atoms with Crippen molar-refractivity contribution in [3.63, 3.8) is 0 Å². The van der Waals surface area contributed by atoms with Crippen LogP contribution in [0.2, 0.25) is 0 Å². The lowest BCUT2D eigenvalue weighted by Crippen LogP contribution is -2.17. The quantitative estimate of drug-likeness (QED) is 0.913. The molecule has 6 nitrogen and oxygen atoms in total. The molecule has 0 saturated heterocycles. The van der Waals surface area contributed by atoms with Gasteiger partial charge in [-0.1, -0.05) is 20.8 Å². The van der Waals surface area contributed by atoms with E-state index in [0.29, 0.717) is 6.01 Å². The van der Waals surface area contributed by atoms with Gasteiger partial charge in [0.1, 0.15) is 0 Å². The number of hydrogen-bond donors (Lipinski definition) is 1. The van der Waals surface area contributed by atoms with E-state index in [9.17, 15) is 0 Å². The molecule has 0 unspecified atom stereocenters. The molecule has 1 N–H and O–H groups in total. The molecule has 2 aromatic rings. The van der Waals surface area contributed by atoms with Crippen molar-refractivity contribution >= 4 is 0 Å². The van der Waals surface area contributed by atoms with E-state index in [1.54, 1.807) is 19.5 Å². The summed E-state index contributed by atoms with van der Waals surface area (Å²) in [6.45, 7) is 8.05. The lowest BCUT2D eigenvalue weighted by Gasteiger charge is -2.15. The predicted octanol–water partition coefficient (Wildman–Crippen LogP) is 2.14. The number of nitrogens with one attached hydrogen (secondary N) is 1. The first kappa shape index (κ1) is 15.4. The molecule has 0 aliphatic heterocycles. The minimum absolute atomic E-state index is 0.0666. The van der Waals surface area contributed by atoms with Gasteiger partial charge in [-0.25, -0.2) is 9.97 Å². The number of methoxy groups -OCH3 is 1. The highest BCUT2D eigenvalue weighted by molar-refractivity contribution is 5.16. The molecule has 0 aliphatic rings. The summed E-state index contributed by atoms with van der Waals surface area (Å²) >= 11 is 0. The summed E-state index contributed by atoms with van der Waals surface area (Å²) in [4.78, 5) is 10.4. The molecule has 0 atom stereocenters. The Morgan fingerprint density at radius 1 is 1.19 bits per heavy atom. The molecule has 21 heavy (non-hydrogen) atoms. The average molecular weight is 289 g/mol. The molecule has 114 valence electrons. The Morgan fingerprint density at radius 2 is 1.86 bits per heavy atom. The number of rotatable bonds is 5. The van der Waals surface area contributed by atoms with Gasteiger partial charge in [-0.15, -0.1) is 0 Å². The van der Waals surface area contributed by atoms with Gasteiger partial charge in [0.15, 0.2) is 0 Å². The van der Waals surface area contributed by atoms with Gasteiger partial charge in [0.2, 0.25) is 0 Å². The Balaban J connectivity index is 1.94. The van der Waals surface area contributed by atoms with Crippen molar-refractivity contribution in [3.8, 4) is 6.01 Å². The van der Waals surface area contributed by atoms with E-state index in [4.69, 9.17) is 4.74 Å². The molecule has 0 saturated carbocycles. The second-order valence-electron chi connectivity index (χ2n) is 6.28. The molecular weight excluding hydrogens is 266 g/mol. The Bertz CT molecular complexity index is 570. The highest BCUT2D eigenvalue weighted by Crippen LogP contribution is 2.20. The third-order valence-electron chi connectivity index (χ3n) is 3.16. The molecule has 2 heterocycles. The van der Waals surface area contributed by atoms with Crippen LogP contribution in [0.3, 0.4) is 0 Å². The summed E-state index contributed by atoms with van der Waals surface area (Å²) in [5, 5.41) is 7.48. The zero-order chi connectivity index (χ0) is 15.5. The smallest absolute Gasteiger partial charge is 0.316 e. The topological polar surface area (TPSA) is 66.9 Å². The van der Waals surface area contributed by atoms with Crippen LogP contribution < -0.4 is 4.74 Å². The summed E-state index contributed by atoms with van der Waals surface area (Å²) < 4.78 is 4.96. The Labute approximate surface area is 125 Å². The molecule has 0 aromatic carbocycles. The first-order valence-electron chi connectivity index (χ1n) is 6.96. The molecule has 6 heteroatoms. The van der Waals surface area contributed by atoms with Crippen molar-refractivity contribution in [2.45, 2.75) is 39.3 Å². The summed E-state index contributed by atoms with van der Waals surface area (Å²) in [6.07, 6.45) is 3.58. The van der Waals surface area contributed by atoms with Gasteiger partial charge in [-0.3, -0.25) is 10.00 Å². The minimum atomic E-state index is 0.0666. The van der Waals surface area contributed by atoms with Crippen LogP contribution in [0.15, 0.2) is 18.5 Å². The summed E-state index contributed by atoms with van der Waals surface area (Å²) in [6, 6.07) is 2.52. The van der Waals surface area contributed by atoms with Crippen molar-refractivity contribution in [1.82, 2.24) is 25.1 Å². The monoisotopic (exact) mass is 289 g/mol. The van der Waals surface area contributed by atoms with Crippen LogP contribution in [0, 0.1) is 0 Å². The highest BCUT2D eigenvalue weighted by atomic mass is 16.5. The SMILES string of the molecule is COc1ncc(CN(C)Cc2cc(C(C)(C)C)n[nH]2)cn1. The van der Waals surface area contributed by atoms with Gasteiger partial charge in [-0.2, -0.15) is 5.10 Å². The molecule has 0 spiro atoms. The van der Waals surface area contributed by atoms with Gasteiger partial charge >= 0.3 is 6.01 Å². The van der Waals surface area contributed by atoms with Crippen LogP contribution >= 0.6 is 0 Å². The van der Waals surface area contributed by atoms with Crippen LogP contribution in [0.4, 0.5) is 0 Å². The van der Waals surface area contributed by atoms with Crippen molar-refractivity contribution in [2.75, 3.05) is 14.2 Å². The third kappa shape index (κ3) is 4.26. The van der Waals surface area contributed by atoms with Gasteiger partial charge in [-0.05, 0) is 13.1 Å². The fourth-order valence-electron chi connectivity index (χ4n) is 2.02. The maximum absolute atomic E-state index is 4.96. The fraction of sp³-hybridized carbons (Fsp3) is 0.533. The van der Waals surface area contributed by atoms with Crippen molar-refractivity contribution in [3.05, 3.63) is 35.4 Å². The third-order valence-corrected chi connectivity index (χ3v) is 3.16. The Kier molecular flexibility index (Phi) is 4.57. The first-order chi connectivity index (χ1) is 9.88. The largest absolute Gasteiger partial charge is 0.467 e. The Morgan fingerprint density at radius 3 is 2.38 bits per heavy atom. The van der Waals surface area contributed by atoms with E-state index in [2.05, 4.69) is 59.0 Å². The number of ether oxygens (including phenoxy) is 1. The zero-order valence-corrected chi connectivity index (χ0v) is 13.3. The van der Waals surface area contributed by atoms with E-state index in [1.165, 1.54) is 0 Å². The number of hydrogen-bond acceptors (Lipinski definition) is 5. The zero-order valence-electron chi connectivity index (χ0n) is 13.3. The second kappa shape index (κ2) is 6.22. The molecule has 0 bridgehead atoms. The van der Waals surface area contributed by atoms with E-state index in [0.717, 1.165) is 30.0 Å². The lowest BCUT2D eigenvalue weighted by atomic mass is 9.92. The molecule has 0 aliphatic carbocycles. The van der Waals surface area contributed by atoms with Crippen LogP contribution in [-0.2, 0) is 18.5 Å². The van der Waals surface area contributed by atoms with Crippen LogP contribution in [0.25, 0.3) is 0 Å². The van der Waals surface area contributed by atoms with Crippen molar-refractivity contribution in [2.24, 2.45) is 0 Å².